The second-order valence-electron chi connectivity index (χ2n) is 4.68. The van der Waals surface area contributed by atoms with Gasteiger partial charge in [0.25, 0.3) is 0 Å². The number of nitrogens with zero attached hydrogens (tertiary/aromatic N) is 3. The first kappa shape index (κ1) is 15.0. The maximum atomic E-state index is 4.41. The van der Waals surface area contributed by atoms with Gasteiger partial charge < -0.3 is 10.2 Å². The molecule has 1 heterocycles. The Balaban J connectivity index is 2.43. The molecule has 18 heavy (non-hydrogen) atoms. The van der Waals surface area contributed by atoms with Gasteiger partial charge in [-0.15, -0.1) is 0 Å². The molecule has 1 N–H and O–H groups in total. The number of nitrogens with one attached hydrogen (secondary N) is 1. The Labute approximate surface area is 111 Å². The number of likely N-dealkylation sites (N-methyl/N-ethyl adjacent to an activating group) is 1. The summed E-state index contributed by atoms with van der Waals surface area (Å²) in [4.78, 5) is 2.41. The molecule has 0 radical (unpaired) electrons. The zero-order valence-electron chi connectivity index (χ0n) is 12.3. The summed E-state index contributed by atoms with van der Waals surface area (Å²) in [6, 6.07) is 0.561. The van der Waals surface area contributed by atoms with Crippen LogP contribution in [0.3, 0.4) is 0 Å². The van der Waals surface area contributed by atoms with E-state index >= 15 is 0 Å². The van der Waals surface area contributed by atoms with Crippen LogP contribution in [0.5, 0.6) is 0 Å². The van der Waals surface area contributed by atoms with Gasteiger partial charge in [-0.05, 0) is 25.9 Å². The molecule has 1 rings (SSSR count). The normalized spacial score (nSPS) is 11.4. The highest BCUT2D eigenvalue weighted by Gasteiger charge is 2.05. The maximum Gasteiger partial charge on any atom is 0.0728 e. The van der Waals surface area contributed by atoms with Crippen molar-refractivity contribution in [3.63, 3.8) is 0 Å². The molecule has 0 amide bonds. The first-order chi connectivity index (χ1) is 8.73. The van der Waals surface area contributed by atoms with Crippen LogP contribution < -0.4 is 5.32 Å². The summed E-state index contributed by atoms with van der Waals surface area (Å²) in [7, 11) is 0. The maximum absolute atomic E-state index is 4.41. The van der Waals surface area contributed by atoms with Gasteiger partial charge in [-0.3, -0.25) is 4.68 Å². The lowest BCUT2D eigenvalue weighted by molar-refractivity contribution is 0.285. The highest BCUT2D eigenvalue weighted by molar-refractivity contribution is 5.39. The molecule has 1 aromatic heterocycles. The molecule has 0 aliphatic rings. The summed E-state index contributed by atoms with van der Waals surface area (Å²) in [5, 5.41) is 7.92. The third-order valence-corrected chi connectivity index (χ3v) is 3.53. The molecular weight excluding hydrogens is 224 g/mol. The average Bonchev–Trinajstić information content (AvgIpc) is 2.85. The second kappa shape index (κ2) is 8.14. The smallest absolute Gasteiger partial charge is 0.0728 e. The minimum Gasteiger partial charge on any atom is -0.380 e. The second-order valence-corrected chi connectivity index (χ2v) is 4.68. The Morgan fingerprint density at radius 2 is 1.89 bits per heavy atom. The largest absolute Gasteiger partial charge is 0.380 e. The zero-order valence-corrected chi connectivity index (χ0v) is 12.3. The Kier molecular flexibility index (Phi) is 6.80. The predicted molar refractivity (Wildman–Crippen MR) is 78.0 cm³/mol. The molecule has 4 nitrogen and oxygen atoms in total. The SMILES string of the molecule is CCC(CC)Nc1cnn(CCN(CC)CC)c1. The van der Waals surface area contributed by atoms with Crippen molar-refractivity contribution in [2.24, 2.45) is 0 Å². The summed E-state index contributed by atoms with van der Waals surface area (Å²) in [5.74, 6) is 0. The number of hydrogen-bond donors (Lipinski definition) is 1. The van der Waals surface area contributed by atoms with E-state index < -0.39 is 0 Å². The number of aromatic nitrogens is 2. The highest BCUT2D eigenvalue weighted by atomic mass is 15.3. The van der Waals surface area contributed by atoms with E-state index in [-0.39, 0.29) is 0 Å². The van der Waals surface area contributed by atoms with Crippen molar-refractivity contribution in [1.82, 2.24) is 14.7 Å². The van der Waals surface area contributed by atoms with Gasteiger partial charge in [0.1, 0.15) is 0 Å². The highest BCUT2D eigenvalue weighted by Crippen LogP contribution is 2.10. The molecule has 0 spiro atoms. The summed E-state index contributed by atoms with van der Waals surface area (Å²) >= 11 is 0. The summed E-state index contributed by atoms with van der Waals surface area (Å²) < 4.78 is 2.03. The van der Waals surface area contributed by atoms with Crippen molar-refractivity contribution in [2.45, 2.75) is 53.1 Å². The standard InChI is InChI=1S/C14H28N4/c1-5-13(6-2)16-14-11-15-18(12-14)10-9-17(7-3)8-4/h11-13,16H,5-10H2,1-4H3. The van der Waals surface area contributed by atoms with Crippen molar-refractivity contribution in [1.29, 1.82) is 0 Å². The van der Waals surface area contributed by atoms with E-state index in [2.05, 4.69) is 49.2 Å². The van der Waals surface area contributed by atoms with Crippen LogP contribution in [0, 0.1) is 0 Å². The molecule has 0 unspecified atom stereocenters. The van der Waals surface area contributed by atoms with Crippen molar-refractivity contribution < 1.29 is 0 Å². The van der Waals surface area contributed by atoms with Gasteiger partial charge in [0.2, 0.25) is 0 Å². The van der Waals surface area contributed by atoms with Gasteiger partial charge in [-0.2, -0.15) is 5.10 Å². The van der Waals surface area contributed by atoms with Gasteiger partial charge in [0.15, 0.2) is 0 Å². The van der Waals surface area contributed by atoms with E-state index in [0.29, 0.717) is 6.04 Å². The fourth-order valence-electron chi connectivity index (χ4n) is 2.07. The first-order valence-corrected chi connectivity index (χ1v) is 7.24. The Morgan fingerprint density at radius 1 is 1.22 bits per heavy atom. The molecule has 0 aromatic carbocycles. The van der Waals surface area contributed by atoms with E-state index in [1.807, 2.05) is 10.9 Å². The van der Waals surface area contributed by atoms with Crippen LogP contribution in [0.1, 0.15) is 40.5 Å². The van der Waals surface area contributed by atoms with Crippen molar-refractivity contribution in [3.05, 3.63) is 12.4 Å². The van der Waals surface area contributed by atoms with E-state index in [1.54, 1.807) is 0 Å². The van der Waals surface area contributed by atoms with Crippen LogP contribution in [-0.4, -0.2) is 40.4 Å². The topological polar surface area (TPSA) is 33.1 Å². The molecule has 1 aromatic rings. The van der Waals surface area contributed by atoms with Crippen LogP contribution in [0.4, 0.5) is 5.69 Å². The van der Waals surface area contributed by atoms with Crippen molar-refractivity contribution in [2.75, 3.05) is 25.0 Å². The third kappa shape index (κ3) is 4.69. The fraction of sp³-hybridized carbons (Fsp3) is 0.786. The average molecular weight is 252 g/mol. The van der Waals surface area contributed by atoms with Crippen molar-refractivity contribution >= 4 is 5.69 Å². The van der Waals surface area contributed by atoms with Gasteiger partial charge in [-0.1, -0.05) is 27.7 Å². The van der Waals surface area contributed by atoms with Gasteiger partial charge in [0.05, 0.1) is 18.4 Å². The minimum absolute atomic E-state index is 0.561. The monoisotopic (exact) mass is 252 g/mol. The Hall–Kier alpha value is -1.03. The molecule has 4 heteroatoms. The van der Waals surface area contributed by atoms with Crippen LogP contribution in [0.25, 0.3) is 0 Å². The summed E-state index contributed by atoms with van der Waals surface area (Å²) in [6.45, 7) is 13.1. The molecule has 0 aliphatic carbocycles. The van der Waals surface area contributed by atoms with E-state index in [0.717, 1.165) is 44.7 Å². The number of hydrogen-bond acceptors (Lipinski definition) is 3. The Bertz CT molecular complexity index is 313. The van der Waals surface area contributed by atoms with Gasteiger partial charge in [-0.25, -0.2) is 0 Å². The van der Waals surface area contributed by atoms with Crippen LogP contribution in [0.15, 0.2) is 12.4 Å². The third-order valence-electron chi connectivity index (χ3n) is 3.53. The molecule has 0 fully saturated rings. The quantitative estimate of drug-likeness (QED) is 0.733. The molecule has 104 valence electrons. The fourth-order valence-corrected chi connectivity index (χ4v) is 2.07. The lowest BCUT2D eigenvalue weighted by Gasteiger charge is -2.17. The lowest BCUT2D eigenvalue weighted by Crippen LogP contribution is -2.27. The van der Waals surface area contributed by atoms with E-state index in [4.69, 9.17) is 0 Å². The molecular formula is C14H28N4. The van der Waals surface area contributed by atoms with E-state index in [9.17, 15) is 0 Å². The van der Waals surface area contributed by atoms with Crippen LogP contribution in [-0.2, 0) is 6.54 Å². The molecule has 0 bridgehead atoms. The van der Waals surface area contributed by atoms with Crippen molar-refractivity contribution in [3.8, 4) is 0 Å². The van der Waals surface area contributed by atoms with E-state index in [1.165, 1.54) is 0 Å². The molecule has 0 aliphatic heterocycles. The van der Waals surface area contributed by atoms with Gasteiger partial charge in [0, 0.05) is 18.8 Å². The Morgan fingerprint density at radius 3 is 2.44 bits per heavy atom. The lowest BCUT2D eigenvalue weighted by atomic mass is 10.2. The van der Waals surface area contributed by atoms with Crippen LogP contribution in [0.2, 0.25) is 0 Å². The summed E-state index contributed by atoms with van der Waals surface area (Å²) in [6.07, 6.45) is 6.35. The first-order valence-electron chi connectivity index (χ1n) is 7.24. The summed E-state index contributed by atoms with van der Waals surface area (Å²) in [5.41, 5.74) is 1.14. The molecule has 0 saturated heterocycles. The van der Waals surface area contributed by atoms with Crippen LogP contribution >= 0.6 is 0 Å². The van der Waals surface area contributed by atoms with Gasteiger partial charge >= 0.3 is 0 Å². The predicted octanol–water partition coefficient (Wildman–Crippen LogP) is 2.83. The number of anilines is 1. The zero-order chi connectivity index (χ0) is 13.4. The minimum atomic E-state index is 0.561. The molecule has 0 atom stereocenters. The molecule has 0 saturated carbocycles. The number of rotatable bonds is 9.